The topological polar surface area (TPSA) is 0 Å². The fourth-order valence-corrected chi connectivity index (χ4v) is 23.5. The predicted octanol–water partition coefficient (Wildman–Crippen LogP) is 8.84. The predicted molar refractivity (Wildman–Crippen MR) is 131 cm³/mol. The third kappa shape index (κ3) is 5.49. The van der Waals surface area contributed by atoms with E-state index in [1.807, 2.05) is 0 Å². The quantitative estimate of drug-likeness (QED) is 0.243. The Morgan fingerprint density at radius 3 is 1.48 bits per heavy atom. The summed E-state index contributed by atoms with van der Waals surface area (Å²) in [4.78, 5) is 0. The Kier molecular flexibility index (Phi) is 8.71. The SMILES string of the molecule is CCC[CH2][Sn]([CH2]CCC)([CH2]CCC)[CH2]C1CC1(c1ccccc1)c1ccccc1. The maximum absolute atomic E-state index is 2.40. The first-order valence-electron chi connectivity index (χ1n) is 12.3. The molecule has 1 atom stereocenters. The molecule has 2 aromatic rings. The van der Waals surface area contributed by atoms with Crippen molar-refractivity contribution in [3.05, 3.63) is 71.8 Å². The van der Waals surface area contributed by atoms with E-state index in [0.717, 1.165) is 5.92 Å². The standard InChI is InChI=1S/C16H15.3C4H9.Sn/c1-13-12-16(13,14-8-4-2-5-9-14)15-10-6-3-7-11-15;3*1-3-4-2;/h2-11,13H,1,12H2;3*1,3-4H2,2H3;. The number of unbranched alkanes of at least 4 members (excludes halogenated alkanes) is 3. The summed E-state index contributed by atoms with van der Waals surface area (Å²) in [6, 6.07) is 22.9. The molecule has 1 aliphatic carbocycles. The molecular weight excluding hydrogens is 455 g/mol. The third-order valence-electron chi connectivity index (χ3n) is 7.54. The van der Waals surface area contributed by atoms with E-state index in [4.69, 9.17) is 0 Å². The molecule has 29 heavy (non-hydrogen) atoms. The molecule has 0 aliphatic heterocycles. The zero-order valence-corrected chi connectivity index (χ0v) is 22.0. The van der Waals surface area contributed by atoms with Crippen LogP contribution in [-0.4, -0.2) is 18.4 Å². The van der Waals surface area contributed by atoms with Gasteiger partial charge in [0.15, 0.2) is 0 Å². The summed E-state index contributed by atoms with van der Waals surface area (Å²) in [5, 5.41) is 0. The molecule has 1 fully saturated rings. The van der Waals surface area contributed by atoms with E-state index < -0.39 is 18.4 Å². The van der Waals surface area contributed by atoms with Crippen LogP contribution in [0.15, 0.2) is 60.7 Å². The van der Waals surface area contributed by atoms with E-state index >= 15 is 0 Å². The summed E-state index contributed by atoms with van der Waals surface area (Å²) in [6.45, 7) is 7.18. The molecule has 3 rings (SSSR count). The minimum absolute atomic E-state index is 0.301. The van der Waals surface area contributed by atoms with Crippen LogP contribution < -0.4 is 0 Å². The molecule has 2 aromatic carbocycles. The molecule has 0 nitrogen and oxygen atoms in total. The molecule has 0 spiro atoms. The van der Waals surface area contributed by atoms with Crippen LogP contribution in [0.4, 0.5) is 0 Å². The Morgan fingerprint density at radius 1 is 0.690 bits per heavy atom. The van der Waals surface area contributed by atoms with Gasteiger partial charge in [-0.25, -0.2) is 0 Å². The van der Waals surface area contributed by atoms with Crippen molar-refractivity contribution in [2.45, 2.75) is 88.9 Å². The van der Waals surface area contributed by atoms with Gasteiger partial charge in [-0.3, -0.25) is 0 Å². The van der Waals surface area contributed by atoms with E-state index in [0.29, 0.717) is 5.41 Å². The first kappa shape index (κ1) is 22.9. The number of hydrogen-bond acceptors (Lipinski definition) is 0. The van der Waals surface area contributed by atoms with Gasteiger partial charge in [-0.2, -0.15) is 0 Å². The average molecular weight is 497 g/mol. The second-order valence-corrected chi connectivity index (χ2v) is 23.6. The molecule has 0 radical (unpaired) electrons. The summed E-state index contributed by atoms with van der Waals surface area (Å²) in [5.74, 6) is 0.883. The van der Waals surface area contributed by atoms with E-state index in [1.165, 1.54) is 44.9 Å². The fourth-order valence-electron chi connectivity index (χ4n) is 5.78. The molecule has 0 aromatic heterocycles. The van der Waals surface area contributed by atoms with Gasteiger partial charge in [-0.1, -0.05) is 0 Å². The zero-order chi connectivity index (χ0) is 20.6. The normalized spacial score (nSPS) is 18.0. The van der Waals surface area contributed by atoms with Crippen molar-refractivity contribution in [1.82, 2.24) is 0 Å². The number of hydrogen-bond donors (Lipinski definition) is 0. The fraction of sp³-hybridized carbons (Fsp3) is 0.571. The summed E-state index contributed by atoms with van der Waals surface area (Å²) in [7, 11) is 0. The van der Waals surface area contributed by atoms with E-state index in [2.05, 4.69) is 81.4 Å². The Hall–Kier alpha value is -0.761. The van der Waals surface area contributed by atoms with Crippen LogP contribution in [-0.2, 0) is 5.41 Å². The number of benzene rings is 2. The van der Waals surface area contributed by atoms with Gasteiger partial charge in [-0.05, 0) is 0 Å². The van der Waals surface area contributed by atoms with Crippen molar-refractivity contribution < 1.29 is 0 Å². The van der Waals surface area contributed by atoms with Gasteiger partial charge in [0.1, 0.15) is 0 Å². The molecule has 0 amide bonds. The Labute approximate surface area is 184 Å². The summed E-state index contributed by atoms with van der Waals surface area (Å²) >= 11 is -2.12. The van der Waals surface area contributed by atoms with Gasteiger partial charge >= 0.3 is 185 Å². The van der Waals surface area contributed by atoms with E-state index in [1.54, 1.807) is 28.9 Å². The maximum atomic E-state index is 2.40. The Balaban J connectivity index is 1.90. The van der Waals surface area contributed by atoms with Crippen LogP contribution >= 0.6 is 0 Å². The van der Waals surface area contributed by atoms with Crippen molar-refractivity contribution in [2.75, 3.05) is 0 Å². The first-order chi connectivity index (χ1) is 14.2. The molecule has 1 aliphatic rings. The van der Waals surface area contributed by atoms with Crippen molar-refractivity contribution in [3.8, 4) is 0 Å². The van der Waals surface area contributed by atoms with Crippen molar-refractivity contribution in [3.63, 3.8) is 0 Å². The number of rotatable bonds is 13. The molecule has 0 N–H and O–H groups in total. The van der Waals surface area contributed by atoms with E-state index in [-0.39, 0.29) is 0 Å². The van der Waals surface area contributed by atoms with E-state index in [9.17, 15) is 0 Å². The van der Waals surface area contributed by atoms with Crippen molar-refractivity contribution in [1.29, 1.82) is 0 Å². The molecule has 0 saturated heterocycles. The van der Waals surface area contributed by atoms with Crippen molar-refractivity contribution >= 4 is 18.4 Å². The van der Waals surface area contributed by atoms with Crippen molar-refractivity contribution in [2.24, 2.45) is 5.92 Å². The van der Waals surface area contributed by atoms with Gasteiger partial charge in [0, 0.05) is 0 Å². The average Bonchev–Trinajstić information content (AvgIpc) is 3.50. The van der Waals surface area contributed by atoms with Crippen LogP contribution in [0.2, 0.25) is 17.7 Å². The molecule has 1 saturated carbocycles. The summed E-state index contributed by atoms with van der Waals surface area (Å²) < 4.78 is 6.54. The summed E-state index contributed by atoms with van der Waals surface area (Å²) in [6.07, 6.45) is 9.97. The molecule has 0 bridgehead atoms. The molecule has 0 heterocycles. The monoisotopic (exact) mass is 498 g/mol. The van der Waals surface area contributed by atoms with Gasteiger partial charge in [0.25, 0.3) is 0 Å². The zero-order valence-electron chi connectivity index (χ0n) is 19.1. The first-order valence-corrected chi connectivity index (χ1v) is 20.4. The minimum atomic E-state index is -2.12. The van der Waals surface area contributed by atoms with Gasteiger partial charge in [0.2, 0.25) is 0 Å². The van der Waals surface area contributed by atoms with Gasteiger partial charge < -0.3 is 0 Å². The molecule has 158 valence electrons. The molecule has 1 unspecified atom stereocenters. The van der Waals surface area contributed by atoms with Gasteiger partial charge in [-0.15, -0.1) is 0 Å². The molecular formula is C28H42Sn. The third-order valence-corrected chi connectivity index (χ3v) is 23.5. The Morgan fingerprint density at radius 2 is 1.10 bits per heavy atom. The van der Waals surface area contributed by atoms with Crippen LogP contribution in [0.5, 0.6) is 0 Å². The van der Waals surface area contributed by atoms with Gasteiger partial charge in [0.05, 0.1) is 0 Å². The summed E-state index contributed by atoms with van der Waals surface area (Å²) in [5.41, 5.74) is 3.44. The van der Waals surface area contributed by atoms with Crippen LogP contribution in [0.25, 0.3) is 0 Å². The second-order valence-electron chi connectivity index (χ2n) is 9.62. The van der Waals surface area contributed by atoms with Crippen LogP contribution in [0, 0.1) is 5.92 Å². The Bertz CT molecular complexity index is 644. The molecule has 1 heteroatoms. The second kappa shape index (κ2) is 11.0. The van der Waals surface area contributed by atoms with Crippen LogP contribution in [0.1, 0.15) is 76.8 Å². The van der Waals surface area contributed by atoms with Crippen LogP contribution in [0.3, 0.4) is 0 Å².